The molecule has 0 aliphatic carbocycles. The van der Waals surface area contributed by atoms with Crippen molar-refractivity contribution in [2.45, 2.75) is 45.9 Å². The molecule has 0 aromatic rings. The lowest BCUT2D eigenvalue weighted by molar-refractivity contribution is -0.116. The summed E-state index contributed by atoms with van der Waals surface area (Å²) in [6.07, 6.45) is -0.271. The Morgan fingerprint density at radius 2 is 1.62 bits per heavy atom. The largest absolute Gasteiger partial charge is 0.384 e. The average molecular weight is 210 g/mol. The number of aliphatic hydroxyl groups excluding tert-OH is 1. The first kappa shape index (κ1) is 15.4. The van der Waals surface area contributed by atoms with Gasteiger partial charge in [-0.05, 0) is 27.7 Å². The molecule has 0 fully saturated rings. The Hall–Kier alpha value is -0.120. The summed E-state index contributed by atoms with van der Waals surface area (Å²) >= 11 is 0. The zero-order valence-corrected chi connectivity index (χ0v) is 9.54. The highest BCUT2D eigenvalue weighted by Gasteiger charge is 2.16. The predicted octanol–water partition coefficient (Wildman–Crippen LogP) is 1.09. The van der Waals surface area contributed by atoms with Crippen molar-refractivity contribution in [1.82, 2.24) is 4.90 Å². The van der Waals surface area contributed by atoms with Crippen molar-refractivity contribution in [3.8, 4) is 0 Å². The van der Waals surface area contributed by atoms with E-state index < -0.39 is 6.10 Å². The normalized spacial score (nSPS) is 13.2. The molecule has 0 radical (unpaired) electrons. The van der Waals surface area contributed by atoms with Crippen molar-refractivity contribution in [2.75, 3.05) is 6.54 Å². The van der Waals surface area contributed by atoms with E-state index in [1.165, 1.54) is 0 Å². The third-order valence-electron chi connectivity index (χ3n) is 1.88. The third-order valence-corrected chi connectivity index (χ3v) is 1.88. The van der Waals surface area contributed by atoms with Gasteiger partial charge in [0, 0.05) is 18.6 Å². The Bertz CT molecular complexity index is 132. The Morgan fingerprint density at radius 1 is 1.23 bits per heavy atom. The van der Waals surface area contributed by atoms with Gasteiger partial charge < -0.3 is 9.90 Å². The van der Waals surface area contributed by atoms with Gasteiger partial charge in [-0.1, -0.05) is 0 Å². The topological polar surface area (TPSA) is 40.5 Å². The Labute approximate surface area is 86.5 Å². The standard InChI is InChI=1S/C9H19NO2.ClH/c1-7(2)10(8(3)4)5-9(12)6-11;/h6-9,12H,5H2,1-4H3;1H. The van der Waals surface area contributed by atoms with Crippen LogP contribution in [0.1, 0.15) is 27.7 Å². The van der Waals surface area contributed by atoms with E-state index in [4.69, 9.17) is 5.11 Å². The number of carbonyl (C=O) groups is 1. The number of aldehydes is 1. The van der Waals surface area contributed by atoms with E-state index in [-0.39, 0.29) is 12.4 Å². The highest BCUT2D eigenvalue weighted by molar-refractivity contribution is 5.85. The van der Waals surface area contributed by atoms with Crippen LogP contribution < -0.4 is 0 Å². The molecule has 80 valence electrons. The van der Waals surface area contributed by atoms with Crippen LogP contribution >= 0.6 is 12.4 Å². The fourth-order valence-electron chi connectivity index (χ4n) is 1.28. The van der Waals surface area contributed by atoms with E-state index in [1.807, 2.05) is 0 Å². The summed E-state index contributed by atoms with van der Waals surface area (Å²) in [4.78, 5) is 12.3. The van der Waals surface area contributed by atoms with Crippen LogP contribution in [-0.4, -0.2) is 41.0 Å². The van der Waals surface area contributed by atoms with Crippen LogP contribution in [-0.2, 0) is 4.79 Å². The second-order valence-electron chi connectivity index (χ2n) is 3.59. The van der Waals surface area contributed by atoms with Crippen molar-refractivity contribution in [3.63, 3.8) is 0 Å². The highest BCUT2D eigenvalue weighted by Crippen LogP contribution is 2.04. The molecule has 0 aliphatic rings. The zero-order chi connectivity index (χ0) is 9.72. The van der Waals surface area contributed by atoms with Gasteiger partial charge in [0.25, 0.3) is 0 Å². The summed E-state index contributed by atoms with van der Waals surface area (Å²) in [6.45, 7) is 8.64. The number of halogens is 1. The second-order valence-corrected chi connectivity index (χ2v) is 3.59. The maximum Gasteiger partial charge on any atom is 0.149 e. The minimum Gasteiger partial charge on any atom is -0.384 e. The Balaban J connectivity index is 0. The van der Waals surface area contributed by atoms with Crippen LogP contribution in [0.5, 0.6) is 0 Å². The monoisotopic (exact) mass is 209 g/mol. The number of nitrogens with zero attached hydrogens (tertiary/aromatic N) is 1. The summed E-state index contributed by atoms with van der Waals surface area (Å²) in [5.41, 5.74) is 0. The van der Waals surface area contributed by atoms with Crippen LogP contribution in [0.3, 0.4) is 0 Å². The van der Waals surface area contributed by atoms with E-state index in [1.54, 1.807) is 0 Å². The van der Waals surface area contributed by atoms with Crippen molar-refractivity contribution >= 4 is 18.7 Å². The number of hydrogen-bond acceptors (Lipinski definition) is 3. The van der Waals surface area contributed by atoms with Crippen molar-refractivity contribution < 1.29 is 9.90 Å². The Morgan fingerprint density at radius 3 is 1.85 bits per heavy atom. The highest BCUT2D eigenvalue weighted by atomic mass is 35.5. The average Bonchev–Trinajstić information content (AvgIpc) is 1.98. The van der Waals surface area contributed by atoms with Gasteiger partial charge in [-0.15, -0.1) is 12.4 Å². The molecule has 0 spiro atoms. The van der Waals surface area contributed by atoms with Gasteiger partial charge in [0.05, 0.1) is 0 Å². The predicted molar refractivity (Wildman–Crippen MR) is 56.3 cm³/mol. The number of aliphatic hydroxyl groups is 1. The number of hydrogen-bond donors (Lipinski definition) is 1. The van der Waals surface area contributed by atoms with Gasteiger partial charge in [-0.2, -0.15) is 0 Å². The molecule has 0 bridgehead atoms. The molecular weight excluding hydrogens is 190 g/mol. The lowest BCUT2D eigenvalue weighted by atomic mass is 10.2. The molecule has 0 saturated carbocycles. The molecule has 13 heavy (non-hydrogen) atoms. The first-order valence-electron chi connectivity index (χ1n) is 4.38. The van der Waals surface area contributed by atoms with Gasteiger partial charge in [-0.25, -0.2) is 0 Å². The first-order chi connectivity index (χ1) is 5.49. The van der Waals surface area contributed by atoms with Gasteiger partial charge in [0.1, 0.15) is 12.4 Å². The third kappa shape index (κ3) is 6.02. The molecule has 1 unspecified atom stereocenters. The van der Waals surface area contributed by atoms with Crippen LogP contribution in [0.15, 0.2) is 0 Å². The van der Waals surface area contributed by atoms with Crippen LogP contribution in [0.4, 0.5) is 0 Å². The molecule has 0 saturated heterocycles. The molecule has 4 heteroatoms. The SMILES string of the molecule is CC(C)N(CC(O)C=O)C(C)C.Cl. The molecule has 0 heterocycles. The molecule has 0 aliphatic heterocycles. The van der Waals surface area contributed by atoms with Crippen LogP contribution in [0.2, 0.25) is 0 Å². The zero-order valence-electron chi connectivity index (χ0n) is 8.73. The van der Waals surface area contributed by atoms with E-state index in [9.17, 15) is 4.79 Å². The minimum absolute atomic E-state index is 0. The lowest BCUT2D eigenvalue weighted by Crippen LogP contribution is -2.42. The fourth-order valence-corrected chi connectivity index (χ4v) is 1.28. The van der Waals surface area contributed by atoms with Gasteiger partial charge in [0.2, 0.25) is 0 Å². The summed E-state index contributed by atoms with van der Waals surface area (Å²) in [5, 5.41) is 9.12. The summed E-state index contributed by atoms with van der Waals surface area (Å²) in [7, 11) is 0. The summed E-state index contributed by atoms with van der Waals surface area (Å²) in [5.74, 6) is 0. The molecule has 3 nitrogen and oxygen atoms in total. The van der Waals surface area contributed by atoms with Crippen molar-refractivity contribution in [3.05, 3.63) is 0 Å². The first-order valence-corrected chi connectivity index (χ1v) is 4.38. The summed E-state index contributed by atoms with van der Waals surface area (Å²) in [6, 6.07) is 0.721. The quantitative estimate of drug-likeness (QED) is 0.690. The second kappa shape index (κ2) is 7.30. The van der Waals surface area contributed by atoms with E-state index in [2.05, 4.69) is 32.6 Å². The molecule has 1 N–H and O–H groups in total. The summed E-state index contributed by atoms with van der Waals surface area (Å²) < 4.78 is 0. The molecular formula is C9H20ClNO2. The van der Waals surface area contributed by atoms with Gasteiger partial charge >= 0.3 is 0 Å². The number of carbonyl (C=O) groups excluding carboxylic acids is 1. The molecule has 0 rings (SSSR count). The molecule has 1 atom stereocenters. The molecule has 0 aromatic heterocycles. The molecule has 0 aromatic carbocycles. The van der Waals surface area contributed by atoms with E-state index in [0.717, 1.165) is 0 Å². The van der Waals surface area contributed by atoms with Crippen LogP contribution in [0.25, 0.3) is 0 Å². The van der Waals surface area contributed by atoms with Crippen molar-refractivity contribution in [1.29, 1.82) is 0 Å². The Kier molecular flexibility index (Phi) is 8.62. The van der Waals surface area contributed by atoms with E-state index >= 15 is 0 Å². The van der Waals surface area contributed by atoms with Gasteiger partial charge in [0.15, 0.2) is 0 Å². The fraction of sp³-hybridized carbons (Fsp3) is 0.889. The smallest absolute Gasteiger partial charge is 0.149 e. The van der Waals surface area contributed by atoms with Crippen LogP contribution in [0, 0.1) is 0 Å². The maximum absolute atomic E-state index is 10.2. The lowest BCUT2D eigenvalue weighted by Gasteiger charge is -2.30. The van der Waals surface area contributed by atoms with Gasteiger partial charge in [-0.3, -0.25) is 4.90 Å². The number of rotatable bonds is 5. The van der Waals surface area contributed by atoms with E-state index in [0.29, 0.717) is 24.9 Å². The molecule has 0 amide bonds. The maximum atomic E-state index is 10.2. The van der Waals surface area contributed by atoms with Crippen molar-refractivity contribution in [2.24, 2.45) is 0 Å². The minimum atomic E-state index is -0.852.